The Morgan fingerprint density at radius 1 is 0.451 bits per heavy atom. The zero-order chi connectivity index (χ0) is 33.5. The van der Waals surface area contributed by atoms with Gasteiger partial charge in [-0.05, 0) is 92.4 Å². The summed E-state index contributed by atoms with van der Waals surface area (Å²) >= 11 is 1.94. The van der Waals surface area contributed by atoms with Crippen molar-refractivity contribution in [3.05, 3.63) is 157 Å². The van der Waals surface area contributed by atoms with Crippen molar-refractivity contribution in [2.24, 2.45) is 0 Å². The van der Waals surface area contributed by atoms with Gasteiger partial charge < -0.3 is 0 Å². The number of para-hydroxylation sites is 1. The van der Waals surface area contributed by atoms with Crippen LogP contribution in [0.5, 0.6) is 0 Å². The van der Waals surface area contributed by atoms with E-state index in [1.54, 1.807) is 0 Å². The predicted octanol–water partition coefficient (Wildman–Crippen LogP) is 13.1. The lowest BCUT2D eigenvalue weighted by Gasteiger charge is -2.43. The zero-order valence-corrected chi connectivity index (χ0v) is 29.0. The van der Waals surface area contributed by atoms with E-state index < -0.39 is 0 Å². The van der Waals surface area contributed by atoms with Gasteiger partial charge in [0.1, 0.15) is 0 Å². The summed E-state index contributed by atoms with van der Waals surface area (Å²) in [4.78, 5) is 13.3. The average molecular weight is 671 g/mol. The molecule has 2 aliphatic carbocycles. The SMILES string of the molecule is c1ccc2c(c1)Sc1ccc(-c3ccc(-c4nc(-c5ccc6c7c(cccc57)-c5ccccc5-6)c5ccccc5n4)cc3)cc1C21CCCCC1. The van der Waals surface area contributed by atoms with Crippen LogP contribution in [-0.4, -0.2) is 9.97 Å². The number of nitrogens with zero attached hydrogens (tertiary/aromatic N) is 2. The van der Waals surface area contributed by atoms with E-state index in [1.807, 2.05) is 11.8 Å². The Bertz CT molecular complexity index is 2670. The molecule has 1 fully saturated rings. The summed E-state index contributed by atoms with van der Waals surface area (Å²) in [6, 6.07) is 53.6. The number of aromatic nitrogens is 2. The van der Waals surface area contributed by atoms with Crippen molar-refractivity contribution < 1.29 is 0 Å². The number of fused-ring (bicyclic) bond motifs is 8. The molecule has 1 saturated carbocycles. The molecule has 7 aromatic carbocycles. The Morgan fingerprint density at radius 2 is 1.10 bits per heavy atom. The summed E-state index contributed by atoms with van der Waals surface area (Å²) in [5, 5.41) is 3.61. The Hall–Kier alpha value is -5.51. The van der Waals surface area contributed by atoms with Crippen LogP contribution in [0.2, 0.25) is 0 Å². The molecule has 0 unspecified atom stereocenters. The van der Waals surface area contributed by atoms with Gasteiger partial charge in [0.15, 0.2) is 5.82 Å². The monoisotopic (exact) mass is 670 g/mol. The fourth-order valence-corrected chi connectivity index (χ4v) is 10.6. The van der Waals surface area contributed by atoms with Crippen molar-refractivity contribution in [1.29, 1.82) is 0 Å². The van der Waals surface area contributed by atoms with Crippen LogP contribution in [0.4, 0.5) is 0 Å². The fourth-order valence-electron chi connectivity index (χ4n) is 9.32. The molecule has 1 aromatic heterocycles. The average Bonchev–Trinajstić information content (AvgIpc) is 3.53. The van der Waals surface area contributed by atoms with Gasteiger partial charge in [-0.2, -0.15) is 0 Å². The number of hydrogen-bond donors (Lipinski definition) is 0. The molecule has 11 rings (SSSR count). The molecule has 0 bridgehead atoms. The van der Waals surface area contributed by atoms with E-state index in [2.05, 4.69) is 146 Å². The largest absolute Gasteiger partial charge is 0.228 e. The van der Waals surface area contributed by atoms with Gasteiger partial charge in [0.25, 0.3) is 0 Å². The van der Waals surface area contributed by atoms with Crippen molar-refractivity contribution in [1.82, 2.24) is 9.97 Å². The first-order valence-electron chi connectivity index (χ1n) is 18.2. The number of rotatable bonds is 3. The molecule has 0 N–H and O–H groups in total. The quantitative estimate of drug-likeness (QED) is 0.187. The van der Waals surface area contributed by atoms with Crippen molar-refractivity contribution in [2.75, 3.05) is 0 Å². The summed E-state index contributed by atoms with van der Waals surface area (Å²) in [7, 11) is 0. The highest BCUT2D eigenvalue weighted by Gasteiger charge is 2.41. The summed E-state index contributed by atoms with van der Waals surface area (Å²) < 4.78 is 0. The second-order valence-corrected chi connectivity index (χ2v) is 15.5. The molecule has 8 aromatic rings. The Labute approximate surface area is 302 Å². The van der Waals surface area contributed by atoms with Crippen LogP contribution in [-0.2, 0) is 5.41 Å². The van der Waals surface area contributed by atoms with Crippen LogP contribution in [0, 0.1) is 0 Å². The number of benzene rings is 7. The molecule has 2 nitrogen and oxygen atoms in total. The first kappa shape index (κ1) is 29.2. The van der Waals surface area contributed by atoms with E-state index in [4.69, 9.17) is 9.97 Å². The molecular weight excluding hydrogens is 637 g/mol. The van der Waals surface area contributed by atoms with Crippen molar-refractivity contribution >= 4 is 33.4 Å². The third-order valence-corrected chi connectivity index (χ3v) is 12.9. The maximum atomic E-state index is 5.34. The van der Waals surface area contributed by atoms with E-state index in [0.29, 0.717) is 0 Å². The van der Waals surface area contributed by atoms with Gasteiger partial charge in [-0.15, -0.1) is 0 Å². The first-order chi connectivity index (χ1) is 25.2. The zero-order valence-electron chi connectivity index (χ0n) is 28.2. The lowest BCUT2D eigenvalue weighted by atomic mass is 9.65. The molecule has 3 aliphatic rings. The van der Waals surface area contributed by atoms with Gasteiger partial charge in [-0.3, -0.25) is 0 Å². The molecule has 2 heterocycles. The molecule has 3 heteroatoms. The molecule has 242 valence electrons. The molecule has 1 spiro atoms. The molecule has 1 aliphatic heterocycles. The minimum absolute atomic E-state index is 0.117. The predicted molar refractivity (Wildman–Crippen MR) is 212 cm³/mol. The standard InChI is InChI=1S/C48H34N2S/c1-8-27-48(28-9-1)40-16-5-7-18-43(40)51-44-26-23-32(29-41(44)48)30-19-21-31(22-20-30)47-49-42-17-6-4-13-39(42)46(50-47)38-25-24-37-34-12-3-2-11-33(34)35-14-10-15-36(38)45(35)37/h2-7,10-26,29H,1,8-9,27-28H2. The maximum absolute atomic E-state index is 5.34. The summed E-state index contributed by atoms with van der Waals surface area (Å²) in [5.74, 6) is 0.751. The van der Waals surface area contributed by atoms with Crippen LogP contribution < -0.4 is 0 Å². The maximum Gasteiger partial charge on any atom is 0.160 e. The van der Waals surface area contributed by atoms with Crippen LogP contribution in [0.1, 0.15) is 43.2 Å². The van der Waals surface area contributed by atoms with Crippen molar-refractivity contribution in [3.63, 3.8) is 0 Å². The summed E-state index contributed by atoms with van der Waals surface area (Å²) in [6.45, 7) is 0. The molecule has 0 saturated heterocycles. The molecular formula is C48H34N2S. The fraction of sp³-hybridized carbons (Fsp3) is 0.125. The third kappa shape index (κ3) is 4.38. The van der Waals surface area contributed by atoms with Crippen molar-refractivity contribution in [3.8, 4) is 56.0 Å². The minimum atomic E-state index is 0.117. The van der Waals surface area contributed by atoms with Gasteiger partial charge in [-0.25, -0.2) is 9.97 Å². The van der Waals surface area contributed by atoms with Gasteiger partial charge in [0, 0.05) is 31.7 Å². The molecule has 0 amide bonds. The smallest absolute Gasteiger partial charge is 0.160 e. The third-order valence-electron chi connectivity index (χ3n) is 11.7. The highest BCUT2D eigenvalue weighted by atomic mass is 32.2. The van der Waals surface area contributed by atoms with E-state index in [1.165, 1.54) is 97.2 Å². The first-order valence-corrected chi connectivity index (χ1v) is 19.0. The lowest BCUT2D eigenvalue weighted by Crippen LogP contribution is -2.33. The Balaban J connectivity index is 1.01. The second kappa shape index (κ2) is 11.2. The highest BCUT2D eigenvalue weighted by Crippen LogP contribution is 2.56. The van der Waals surface area contributed by atoms with E-state index in [-0.39, 0.29) is 5.41 Å². The normalized spacial score (nSPS) is 15.1. The van der Waals surface area contributed by atoms with Crippen molar-refractivity contribution in [2.45, 2.75) is 47.3 Å². The summed E-state index contributed by atoms with van der Waals surface area (Å²) in [6.07, 6.45) is 6.38. The van der Waals surface area contributed by atoms with Gasteiger partial charge >= 0.3 is 0 Å². The van der Waals surface area contributed by atoms with E-state index in [0.717, 1.165) is 33.5 Å². The Kier molecular flexibility index (Phi) is 6.45. The van der Waals surface area contributed by atoms with E-state index in [9.17, 15) is 0 Å². The van der Waals surface area contributed by atoms with Crippen LogP contribution in [0.3, 0.4) is 0 Å². The van der Waals surface area contributed by atoms with Gasteiger partial charge in [0.2, 0.25) is 0 Å². The summed E-state index contributed by atoms with van der Waals surface area (Å²) in [5.41, 5.74) is 15.0. The highest BCUT2D eigenvalue weighted by molar-refractivity contribution is 7.99. The molecule has 51 heavy (non-hydrogen) atoms. The topological polar surface area (TPSA) is 25.8 Å². The number of hydrogen-bond acceptors (Lipinski definition) is 3. The second-order valence-electron chi connectivity index (χ2n) is 14.4. The Morgan fingerprint density at radius 3 is 1.96 bits per heavy atom. The van der Waals surface area contributed by atoms with Crippen LogP contribution in [0.15, 0.2) is 155 Å². The van der Waals surface area contributed by atoms with Crippen LogP contribution in [0.25, 0.3) is 77.7 Å². The minimum Gasteiger partial charge on any atom is -0.228 e. The van der Waals surface area contributed by atoms with E-state index >= 15 is 0 Å². The van der Waals surface area contributed by atoms with Crippen LogP contribution >= 0.6 is 11.8 Å². The van der Waals surface area contributed by atoms with Gasteiger partial charge in [0.05, 0.1) is 11.2 Å². The van der Waals surface area contributed by atoms with Gasteiger partial charge in [-0.1, -0.05) is 152 Å². The molecule has 0 atom stereocenters. The lowest BCUT2D eigenvalue weighted by molar-refractivity contribution is 0.335. The molecule has 0 radical (unpaired) electrons.